The average Bonchev–Trinajstić information content (AvgIpc) is 2.59. The van der Waals surface area contributed by atoms with Crippen LogP contribution in [0, 0.1) is 5.92 Å². The van der Waals surface area contributed by atoms with Crippen molar-refractivity contribution in [2.24, 2.45) is 5.92 Å². The van der Waals surface area contributed by atoms with Crippen LogP contribution in [0.2, 0.25) is 0 Å². The van der Waals surface area contributed by atoms with Crippen molar-refractivity contribution in [1.29, 1.82) is 0 Å². The van der Waals surface area contributed by atoms with Gasteiger partial charge in [0.1, 0.15) is 12.1 Å². The minimum Gasteiger partial charge on any atom is -0.354 e. The summed E-state index contributed by atoms with van der Waals surface area (Å²) in [6, 6.07) is 0.831. The van der Waals surface area contributed by atoms with E-state index in [4.69, 9.17) is 0 Å². The molecule has 6 nitrogen and oxygen atoms in total. The van der Waals surface area contributed by atoms with Crippen LogP contribution in [0.3, 0.4) is 0 Å². The second-order valence-electron chi connectivity index (χ2n) is 7.89. The number of anilines is 1. The summed E-state index contributed by atoms with van der Waals surface area (Å²) in [4.78, 5) is 28.4. The minimum absolute atomic E-state index is 0.0439. The Hall–Kier alpha value is -1.69. The van der Waals surface area contributed by atoms with E-state index in [1.54, 1.807) is 6.33 Å². The Morgan fingerprint density at radius 2 is 1.88 bits per heavy atom. The summed E-state index contributed by atoms with van der Waals surface area (Å²) >= 11 is 0. The molecule has 1 saturated carbocycles. The van der Waals surface area contributed by atoms with E-state index in [1.807, 2.05) is 18.7 Å². The number of nitrogens with zero attached hydrogens (tertiary/aromatic N) is 5. The molecule has 0 radical (unpaired) electrons. The van der Waals surface area contributed by atoms with E-state index in [1.165, 1.54) is 24.8 Å². The van der Waals surface area contributed by atoms with E-state index in [0.717, 1.165) is 56.7 Å². The van der Waals surface area contributed by atoms with Crippen molar-refractivity contribution in [3.63, 3.8) is 0 Å². The van der Waals surface area contributed by atoms with Gasteiger partial charge in [-0.2, -0.15) is 0 Å². The second kappa shape index (κ2) is 6.90. The van der Waals surface area contributed by atoms with Crippen molar-refractivity contribution in [3.8, 4) is 0 Å². The number of carbonyl (C=O) groups excluding carboxylic acids is 1. The molecule has 2 aliphatic heterocycles. The Kier molecular flexibility index (Phi) is 4.63. The van der Waals surface area contributed by atoms with Crippen LogP contribution in [0.25, 0.3) is 0 Å². The van der Waals surface area contributed by atoms with Crippen LogP contribution in [0.5, 0.6) is 0 Å². The van der Waals surface area contributed by atoms with E-state index in [-0.39, 0.29) is 11.8 Å². The number of amides is 1. The summed E-state index contributed by atoms with van der Waals surface area (Å²) < 4.78 is 0. The highest BCUT2D eigenvalue weighted by Gasteiger charge is 2.31. The average molecular weight is 343 g/mol. The molecular weight excluding hydrogens is 314 g/mol. The molecule has 1 aliphatic carbocycles. The van der Waals surface area contributed by atoms with Crippen molar-refractivity contribution in [2.75, 3.05) is 37.6 Å². The maximum Gasteiger partial charge on any atom is 0.225 e. The zero-order valence-corrected chi connectivity index (χ0v) is 15.4. The molecule has 1 saturated heterocycles. The van der Waals surface area contributed by atoms with Gasteiger partial charge in [0.05, 0.1) is 12.2 Å². The molecule has 6 heteroatoms. The predicted octanol–water partition coefficient (Wildman–Crippen LogP) is 1.69. The van der Waals surface area contributed by atoms with E-state index in [2.05, 4.69) is 19.8 Å². The van der Waals surface area contributed by atoms with Gasteiger partial charge in [-0.15, -0.1) is 0 Å². The Morgan fingerprint density at radius 1 is 1.12 bits per heavy atom. The lowest BCUT2D eigenvalue weighted by Gasteiger charge is -2.43. The van der Waals surface area contributed by atoms with E-state index < -0.39 is 0 Å². The van der Waals surface area contributed by atoms with Crippen LogP contribution in [-0.4, -0.2) is 64.4 Å². The molecule has 2 fully saturated rings. The molecule has 0 spiro atoms. The van der Waals surface area contributed by atoms with E-state index in [9.17, 15) is 4.79 Å². The highest BCUT2D eigenvalue weighted by molar-refractivity contribution is 5.78. The fourth-order valence-electron chi connectivity index (χ4n) is 4.21. The standard InChI is InChI=1S/C19H29N5O/c1-14(2)19(25)24-7-6-16-17(12-24)20-13-21-18(16)23-10-8-22(9-11-23)15-4-3-5-15/h13-15H,3-12H2,1-2H3. The van der Waals surface area contributed by atoms with Gasteiger partial charge in [-0.3, -0.25) is 9.69 Å². The number of fused-ring (bicyclic) bond motifs is 1. The molecule has 1 aromatic rings. The Labute approximate surface area is 150 Å². The van der Waals surface area contributed by atoms with Crippen molar-refractivity contribution in [1.82, 2.24) is 19.8 Å². The summed E-state index contributed by atoms with van der Waals surface area (Å²) in [6.45, 7) is 9.72. The van der Waals surface area contributed by atoms with Crippen LogP contribution in [0.15, 0.2) is 6.33 Å². The van der Waals surface area contributed by atoms with Gasteiger partial charge in [-0.05, 0) is 19.3 Å². The Morgan fingerprint density at radius 3 is 2.52 bits per heavy atom. The van der Waals surface area contributed by atoms with Crippen LogP contribution >= 0.6 is 0 Å². The zero-order valence-electron chi connectivity index (χ0n) is 15.4. The Balaban J connectivity index is 1.46. The lowest BCUT2D eigenvalue weighted by molar-refractivity contribution is -0.135. The van der Waals surface area contributed by atoms with Crippen molar-refractivity contribution >= 4 is 11.7 Å². The quantitative estimate of drug-likeness (QED) is 0.836. The molecule has 0 unspecified atom stereocenters. The first-order valence-corrected chi connectivity index (χ1v) is 9.74. The molecule has 0 bridgehead atoms. The smallest absolute Gasteiger partial charge is 0.225 e. The van der Waals surface area contributed by atoms with Gasteiger partial charge in [0.25, 0.3) is 0 Å². The third-order valence-corrected chi connectivity index (χ3v) is 5.99. The fraction of sp³-hybridized carbons (Fsp3) is 0.737. The van der Waals surface area contributed by atoms with Crippen LogP contribution in [-0.2, 0) is 17.8 Å². The maximum absolute atomic E-state index is 12.3. The predicted molar refractivity (Wildman–Crippen MR) is 97.4 cm³/mol. The third-order valence-electron chi connectivity index (χ3n) is 5.99. The van der Waals surface area contributed by atoms with Gasteiger partial charge in [-0.25, -0.2) is 9.97 Å². The van der Waals surface area contributed by atoms with Gasteiger partial charge in [-0.1, -0.05) is 20.3 Å². The molecule has 1 amide bonds. The third kappa shape index (κ3) is 3.24. The highest BCUT2D eigenvalue weighted by atomic mass is 16.2. The van der Waals surface area contributed by atoms with E-state index in [0.29, 0.717) is 6.54 Å². The van der Waals surface area contributed by atoms with Gasteiger partial charge in [0.2, 0.25) is 5.91 Å². The normalized spacial score (nSPS) is 22.0. The molecular formula is C19H29N5O. The summed E-state index contributed by atoms with van der Waals surface area (Å²) in [6.07, 6.45) is 6.70. The van der Waals surface area contributed by atoms with Crippen LogP contribution < -0.4 is 4.90 Å². The molecule has 4 rings (SSSR count). The second-order valence-corrected chi connectivity index (χ2v) is 7.89. The van der Waals surface area contributed by atoms with Crippen LogP contribution in [0.1, 0.15) is 44.4 Å². The molecule has 0 aromatic carbocycles. The first kappa shape index (κ1) is 16.8. The largest absolute Gasteiger partial charge is 0.354 e. The minimum atomic E-state index is 0.0439. The lowest BCUT2D eigenvalue weighted by Crippen LogP contribution is -2.52. The lowest BCUT2D eigenvalue weighted by atomic mass is 9.91. The maximum atomic E-state index is 12.3. The molecule has 1 aromatic heterocycles. The van der Waals surface area contributed by atoms with Gasteiger partial charge < -0.3 is 9.80 Å². The molecule has 136 valence electrons. The summed E-state index contributed by atoms with van der Waals surface area (Å²) in [5.41, 5.74) is 2.29. The van der Waals surface area contributed by atoms with Crippen molar-refractivity contribution < 1.29 is 4.79 Å². The van der Waals surface area contributed by atoms with Gasteiger partial charge in [0, 0.05) is 50.2 Å². The SMILES string of the molecule is CC(C)C(=O)N1CCc2c(ncnc2N2CCN(C3CCC3)CC2)C1. The number of aromatic nitrogens is 2. The summed E-state index contributed by atoms with van der Waals surface area (Å²) in [7, 11) is 0. The summed E-state index contributed by atoms with van der Waals surface area (Å²) in [5, 5.41) is 0. The van der Waals surface area contributed by atoms with Crippen molar-refractivity contribution in [3.05, 3.63) is 17.6 Å². The first-order valence-electron chi connectivity index (χ1n) is 9.74. The molecule has 25 heavy (non-hydrogen) atoms. The van der Waals surface area contributed by atoms with Crippen LogP contribution in [0.4, 0.5) is 5.82 Å². The number of rotatable bonds is 3. The van der Waals surface area contributed by atoms with E-state index >= 15 is 0 Å². The monoisotopic (exact) mass is 343 g/mol. The summed E-state index contributed by atoms with van der Waals surface area (Å²) in [5.74, 6) is 1.37. The molecule has 3 aliphatic rings. The highest BCUT2D eigenvalue weighted by Crippen LogP contribution is 2.29. The molecule has 0 N–H and O–H groups in total. The number of hydrogen-bond donors (Lipinski definition) is 0. The molecule has 3 heterocycles. The van der Waals surface area contributed by atoms with Gasteiger partial charge >= 0.3 is 0 Å². The number of piperazine rings is 1. The first-order chi connectivity index (χ1) is 12.1. The molecule has 0 atom stereocenters. The van der Waals surface area contributed by atoms with Gasteiger partial charge in [0.15, 0.2) is 0 Å². The zero-order chi connectivity index (χ0) is 17.4. The Bertz CT molecular complexity index is 635. The topological polar surface area (TPSA) is 52.6 Å². The number of hydrogen-bond acceptors (Lipinski definition) is 5. The number of carbonyl (C=O) groups is 1. The van der Waals surface area contributed by atoms with Crippen molar-refractivity contribution in [2.45, 2.75) is 52.1 Å². The fourth-order valence-corrected chi connectivity index (χ4v) is 4.21.